The summed E-state index contributed by atoms with van der Waals surface area (Å²) in [4.78, 5) is 9.54. The number of hydrogen-bond donors (Lipinski definition) is 1. The smallest absolute Gasteiger partial charge is 0.397 e. The van der Waals surface area contributed by atoms with Crippen LogP contribution in [0.5, 0.6) is 5.75 Å². The summed E-state index contributed by atoms with van der Waals surface area (Å²) in [6.07, 6.45) is 0. The molecule has 37 heavy (non-hydrogen) atoms. The van der Waals surface area contributed by atoms with E-state index in [1.807, 2.05) is 18.2 Å². The van der Waals surface area contributed by atoms with Crippen molar-refractivity contribution in [2.75, 3.05) is 26.4 Å². The molecular formula is C29H34O6P2. The van der Waals surface area contributed by atoms with E-state index < -0.39 is 22.6 Å². The Morgan fingerprint density at radius 1 is 0.676 bits per heavy atom. The standard InChI is InChI=1S/C29H34O6P2/c1-27(2,22-11-7-5-8-12-22)24-15-16-26(25(17-24)28(3,4)23-13-9-6-10-14-23)35-37-33-20-29(21-34-37)18-31-36(30)32-19-29/h5-17,30H,18-21H2,1-4H3. The fraction of sp³-hybridized carbons (Fsp3) is 0.379. The Morgan fingerprint density at radius 3 is 1.76 bits per heavy atom. The lowest BCUT2D eigenvalue weighted by Crippen LogP contribution is -2.44. The summed E-state index contributed by atoms with van der Waals surface area (Å²) >= 11 is 0. The summed E-state index contributed by atoms with van der Waals surface area (Å²) in [6, 6.07) is 27.5. The van der Waals surface area contributed by atoms with Gasteiger partial charge in [0.15, 0.2) is 0 Å². The van der Waals surface area contributed by atoms with Crippen molar-refractivity contribution in [3.8, 4) is 5.75 Å². The van der Waals surface area contributed by atoms with Crippen LogP contribution in [0.3, 0.4) is 0 Å². The Labute approximate surface area is 221 Å². The zero-order chi connectivity index (χ0) is 26.1. The van der Waals surface area contributed by atoms with E-state index in [1.165, 1.54) is 16.7 Å². The van der Waals surface area contributed by atoms with Crippen LogP contribution >= 0.6 is 17.2 Å². The molecule has 1 spiro atoms. The fourth-order valence-electron chi connectivity index (χ4n) is 4.74. The molecule has 0 bridgehead atoms. The van der Waals surface area contributed by atoms with Gasteiger partial charge in [-0.25, -0.2) is 0 Å². The van der Waals surface area contributed by atoms with Gasteiger partial charge in [-0.05, 0) is 22.8 Å². The van der Waals surface area contributed by atoms with Crippen LogP contribution < -0.4 is 4.52 Å². The van der Waals surface area contributed by atoms with Crippen LogP contribution in [0, 0.1) is 5.41 Å². The van der Waals surface area contributed by atoms with E-state index >= 15 is 0 Å². The molecular weight excluding hydrogens is 506 g/mol. The molecule has 6 nitrogen and oxygen atoms in total. The monoisotopic (exact) mass is 540 g/mol. The topological polar surface area (TPSA) is 66.4 Å². The van der Waals surface area contributed by atoms with Crippen molar-refractivity contribution in [1.29, 1.82) is 0 Å². The highest BCUT2D eigenvalue weighted by atomic mass is 31.2. The fourth-order valence-corrected chi connectivity index (χ4v) is 6.84. The summed E-state index contributed by atoms with van der Waals surface area (Å²) in [5.74, 6) is 0.749. The van der Waals surface area contributed by atoms with Gasteiger partial charge in [0.1, 0.15) is 5.75 Å². The van der Waals surface area contributed by atoms with Crippen LogP contribution in [0.15, 0.2) is 78.9 Å². The second-order valence-electron chi connectivity index (χ2n) is 10.8. The predicted octanol–water partition coefficient (Wildman–Crippen LogP) is 7.24. The molecule has 2 saturated heterocycles. The van der Waals surface area contributed by atoms with Crippen molar-refractivity contribution in [1.82, 2.24) is 0 Å². The SMILES string of the molecule is CC(C)(c1ccccc1)c1ccc(OP2OCC3(COP(O)OC3)CO2)c(C(C)(C)c2ccccc2)c1. The molecule has 0 radical (unpaired) electrons. The molecule has 2 heterocycles. The van der Waals surface area contributed by atoms with E-state index in [0.29, 0.717) is 26.4 Å². The third-order valence-corrected chi connectivity index (χ3v) is 9.18. The average molecular weight is 541 g/mol. The van der Waals surface area contributed by atoms with Gasteiger partial charge in [0, 0.05) is 16.4 Å². The first kappa shape index (κ1) is 26.7. The lowest BCUT2D eigenvalue weighted by atomic mass is 9.73. The Kier molecular flexibility index (Phi) is 7.73. The van der Waals surface area contributed by atoms with Gasteiger partial charge in [-0.2, -0.15) is 0 Å². The largest absolute Gasteiger partial charge is 0.426 e. The maximum atomic E-state index is 9.54. The minimum absolute atomic E-state index is 0.191. The number of hydrogen-bond acceptors (Lipinski definition) is 6. The molecule has 0 amide bonds. The molecule has 2 aliphatic heterocycles. The molecule has 3 aromatic carbocycles. The van der Waals surface area contributed by atoms with Crippen molar-refractivity contribution in [2.24, 2.45) is 5.41 Å². The summed E-state index contributed by atoms with van der Waals surface area (Å²) in [7, 11) is -3.39. The van der Waals surface area contributed by atoms with Gasteiger partial charge in [0.2, 0.25) is 0 Å². The highest BCUT2D eigenvalue weighted by molar-refractivity contribution is 7.42. The quantitative estimate of drug-likeness (QED) is 0.333. The van der Waals surface area contributed by atoms with E-state index in [9.17, 15) is 4.89 Å². The van der Waals surface area contributed by atoms with Crippen molar-refractivity contribution in [3.63, 3.8) is 0 Å². The number of benzene rings is 3. The van der Waals surface area contributed by atoms with Crippen LogP contribution in [0.25, 0.3) is 0 Å². The molecule has 2 fully saturated rings. The maximum absolute atomic E-state index is 9.54. The molecule has 2 aliphatic rings. The van der Waals surface area contributed by atoms with E-state index in [1.54, 1.807) is 0 Å². The van der Waals surface area contributed by atoms with Crippen molar-refractivity contribution in [3.05, 3.63) is 101 Å². The normalized spacial score (nSPS) is 24.7. The predicted molar refractivity (Wildman–Crippen MR) is 147 cm³/mol. The van der Waals surface area contributed by atoms with E-state index in [4.69, 9.17) is 22.6 Å². The van der Waals surface area contributed by atoms with Gasteiger partial charge >= 0.3 is 17.2 Å². The Morgan fingerprint density at radius 2 is 1.19 bits per heavy atom. The van der Waals surface area contributed by atoms with Gasteiger partial charge < -0.3 is 27.5 Å². The molecule has 3 aromatic rings. The molecule has 0 atom stereocenters. The summed E-state index contributed by atoms with van der Waals surface area (Å²) in [6.45, 7) is 10.4. The van der Waals surface area contributed by atoms with Crippen molar-refractivity contribution < 1.29 is 27.5 Å². The summed E-state index contributed by atoms with van der Waals surface area (Å²) in [5.41, 5.74) is 3.80. The van der Waals surface area contributed by atoms with Gasteiger partial charge in [-0.3, -0.25) is 0 Å². The van der Waals surface area contributed by atoms with Gasteiger partial charge in [0.25, 0.3) is 0 Å². The van der Waals surface area contributed by atoms with Gasteiger partial charge in [-0.1, -0.05) is 100 Å². The van der Waals surface area contributed by atoms with Crippen LogP contribution in [0.4, 0.5) is 0 Å². The van der Waals surface area contributed by atoms with Gasteiger partial charge in [-0.15, -0.1) is 0 Å². The lowest BCUT2D eigenvalue weighted by Gasteiger charge is -2.41. The summed E-state index contributed by atoms with van der Waals surface area (Å²) < 4.78 is 29.1. The third kappa shape index (κ3) is 5.62. The lowest BCUT2D eigenvalue weighted by molar-refractivity contribution is -0.0683. The van der Waals surface area contributed by atoms with Gasteiger partial charge in [0.05, 0.1) is 31.8 Å². The second-order valence-corrected chi connectivity index (χ2v) is 13.0. The first-order valence-corrected chi connectivity index (χ1v) is 14.7. The average Bonchev–Trinajstić information content (AvgIpc) is 2.93. The molecule has 0 saturated carbocycles. The first-order chi connectivity index (χ1) is 17.7. The maximum Gasteiger partial charge on any atom is 0.397 e. The van der Waals surface area contributed by atoms with Crippen LogP contribution in [-0.2, 0) is 28.9 Å². The molecule has 0 aromatic heterocycles. The third-order valence-electron chi connectivity index (χ3n) is 7.45. The highest BCUT2D eigenvalue weighted by Crippen LogP contribution is 2.53. The van der Waals surface area contributed by atoms with E-state index in [0.717, 1.165) is 11.3 Å². The minimum Gasteiger partial charge on any atom is -0.426 e. The number of rotatable bonds is 6. The molecule has 5 rings (SSSR count). The molecule has 0 unspecified atom stereocenters. The van der Waals surface area contributed by atoms with Crippen LogP contribution in [0.2, 0.25) is 0 Å². The van der Waals surface area contributed by atoms with Crippen molar-refractivity contribution >= 4 is 17.2 Å². The van der Waals surface area contributed by atoms with E-state index in [2.05, 4.69) is 88.4 Å². The molecule has 196 valence electrons. The Balaban J connectivity index is 1.45. The Bertz CT molecular complexity index is 1180. The first-order valence-electron chi connectivity index (χ1n) is 12.4. The van der Waals surface area contributed by atoms with Crippen LogP contribution in [0.1, 0.15) is 49.9 Å². The minimum atomic E-state index is -1.80. The highest BCUT2D eigenvalue weighted by Gasteiger charge is 2.44. The van der Waals surface area contributed by atoms with Crippen molar-refractivity contribution in [2.45, 2.75) is 38.5 Å². The zero-order valence-electron chi connectivity index (χ0n) is 21.7. The second kappa shape index (κ2) is 10.7. The summed E-state index contributed by atoms with van der Waals surface area (Å²) in [5, 5.41) is 0. The molecule has 8 heteroatoms. The molecule has 1 N–H and O–H groups in total. The molecule has 0 aliphatic carbocycles. The Hall–Kier alpha value is -1.88. The van der Waals surface area contributed by atoms with E-state index in [-0.39, 0.29) is 10.8 Å². The zero-order valence-corrected chi connectivity index (χ0v) is 23.5. The van der Waals surface area contributed by atoms with Crippen LogP contribution in [-0.4, -0.2) is 31.3 Å².